The van der Waals surface area contributed by atoms with Crippen LogP contribution in [-0.4, -0.2) is 36.1 Å². The molecule has 1 aliphatic rings. The van der Waals surface area contributed by atoms with E-state index in [1.54, 1.807) is 0 Å². The number of aromatic nitrogens is 2. The number of aromatic carboxylic acids is 1. The van der Waals surface area contributed by atoms with Gasteiger partial charge in [0.05, 0.1) is 35.0 Å². The summed E-state index contributed by atoms with van der Waals surface area (Å²) in [5.41, 5.74) is -0.0976. The molecule has 1 aromatic heterocycles. The molecular weight excluding hydrogens is 566 g/mol. The Morgan fingerprint density at radius 2 is 1.66 bits per heavy atom. The summed E-state index contributed by atoms with van der Waals surface area (Å²) in [6, 6.07) is 13.1. The molecule has 0 unspecified atom stereocenters. The smallest absolute Gasteiger partial charge is 0.416 e. The Morgan fingerprint density at radius 1 is 1.00 bits per heavy atom. The summed E-state index contributed by atoms with van der Waals surface area (Å²) in [6.45, 7) is 1.96. The van der Waals surface area contributed by atoms with Crippen LogP contribution in [-0.2, 0) is 21.6 Å². The zero-order valence-electron chi connectivity index (χ0n) is 21.2. The van der Waals surface area contributed by atoms with Crippen molar-refractivity contribution in [3.05, 3.63) is 101 Å². The Morgan fingerprint density at radius 3 is 2.29 bits per heavy atom. The molecule has 0 fully saturated rings. The highest BCUT2D eigenvalue weighted by atomic mass is 32.2. The number of nitrogens with one attached hydrogen (secondary N) is 1. The Bertz CT molecular complexity index is 1740. The van der Waals surface area contributed by atoms with Gasteiger partial charge < -0.3 is 9.84 Å². The van der Waals surface area contributed by atoms with E-state index in [0.29, 0.717) is 23.1 Å². The second kappa shape index (κ2) is 10.1. The number of ether oxygens (including phenoxy) is 1. The van der Waals surface area contributed by atoms with Crippen molar-refractivity contribution in [2.45, 2.75) is 29.8 Å². The molecule has 8 nitrogen and oxygen atoms in total. The van der Waals surface area contributed by atoms with Gasteiger partial charge in [0.1, 0.15) is 5.75 Å². The molecule has 41 heavy (non-hydrogen) atoms. The minimum Gasteiger partial charge on any atom is -0.493 e. The van der Waals surface area contributed by atoms with Gasteiger partial charge in [-0.25, -0.2) is 32.3 Å². The average molecular weight is 588 g/mol. The normalized spacial score (nSPS) is 16.9. The van der Waals surface area contributed by atoms with Gasteiger partial charge >= 0.3 is 12.1 Å². The highest BCUT2D eigenvalue weighted by Gasteiger charge is 2.39. The summed E-state index contributed by atoms with van der Waals surface area (Å²) in [7, 11) is -4.20. The van der Waals surface area contributed by atoms with Gasteiger partial charge in [-0.1, -0.05) is 31.2 Å². The topological polar surface area (TPSA) is 118 Å². The first kappa shape index (κ1) is 28.0. The van der Waals surface area contributed by atoms with Gasteiger partial charge in [0.2, 0.25) is 5.95 Å². The third-order valence-electron chi connectivity index (χ3n) is 6.95. The SMILES string of the molecule is C[C@@]1(c2ccc(C(F)(F)F)cc2-c2ccc(C(=O)O)cc2)CCOc2cc(S(=O)(=O)Nc3ncc(F)cn3)ccc21. The minimum atomic E-state index is -4.62. The molecule has 0 amide bonds. The van der Waals surface area contributed by atoms with Crippen molar-refractivity contribution < 1.29 is 40.6 Å². The maximum absolute atomic E-state index is 13.7. The van der Waals surface area contributed by atoms with E-state index in [1.165, 1.54) is 48.5 Å². The fourth-order valence-corrected chi connectivity index (χ4v) is 5.77. The van der Waals surface area contributed by atoms with Crippen LogP contribution in [0.1, 0.15) is 40.4 Å². The van der Waals surface area contributed by atoms with Crippen LogP contribution >= 0.6 is 0 Å². The van der Waals surface area contributed by atoms with E-state index in [2.05, 4.69) is 14.7 Å². The van der Waals surface area contributed by atoms with Crippen molar-refractivity contribution in [3.63, 3.8) is 0 Å². The van der Waals surface area contributed by atoms with Crippen molar-refractivity contribution in [2.24, 2.45) is 0 Å². The highest BCUT2D eigenvalue weighted by molar-refractivity contribution is 7.92. The van der Waals surface area contributed by atoms with Crippen LogP contribution < -0.4 is 9.46 Å². The number of hydrogen-bond donors (Lipinski definition) is 2. The van der Waals surface area contributed by atoms with Gasteiger partial charge in [-0.2, -0.15) is 13.2 Å². The maximum Gasteiger partial charge on any atom is 0.416 e. The van der Waals surface area contributed by atoms with Gasteiger partial charge in [-0.15, -0.1) is 0 Å². The predicted molar refractivity (Wildman–Crippen MR) is 140 cm³/mol. The summed E-state index contributed by atoms with van der Waals surface area (Å²) in [6.07, 6.45) is -2.64. The minimum absolute atomic E-state index is 0.0155. The summed E-state index contributed by atoms with van der Waals surface area (Å²) >= 11 is 0. The zero-order valence-corrected chi connectivity index (χ0v) is 22.1. The monoisotopic (exact) mass is 587 g/mol. The number of benzene rings is 3. The third kappa shape index (κ3) is 5.44. The van der Waals surface area contributed by atoms with Crippen LogP contribution in [0.25, 0.3) is 11.1 Å². The summed E-state index contributed by atoms with van der Waals surface area (Å²) in [5.74, 6) is -2.03. The second-order valence-corrected chi connectivity index (χ2v) is 11.2. The molecule has 0 spiro atoms. The van der Waals surface area contributed by atoms with Crippen LogP contribution in [0.15, 0.2) is 78.0 Å². The Kier molecular flexibility index (Phi) is 6.93. The number of alkyl halides is 3. The molecule has 0 saturated carbocycles. The van der Waals surface area contributed by atoms with Crippen molar-refractivity contribution in [3.8, 4) is 16.9 Å². The lowest BCUT2D eigenvalue weighted by Gasteiger charge is -2.38. The van der Waals surface area contributed by atoms with Crippen LogP contribution in [0.2, 0.25) is 0 Å². The quantitative estimate of drug-likeness (QED) is 0.270. The molecule has 0 aliphatic carbocycles. The summed E-state index contributed by atoms with van der Waals surface area (Å²) < 4.78 is 88.1. The third-order valence-corrected chi connectivity index (χ3v) is 8.27. The fraction of sp³-hybridized carbons (Fsp3) is 0.179. The molecule has 1 aliphatic heterocycles. The number of carboxylic acid groups (broad SMARTS) is 1. The van der Waals surface area contributed by atoms with Gasteiger partial charge in [0.25, 0.3) is 10.0 Å². The van der Waals surface area contributed by atoms with Crippen LogP contribution in [0, 0.1) is 5.82 Å². The van der Waals surface area contributed by atoms with Crippen molar-refractivity contribution >= 4 is 21.9 Å². The average Bonchev–Trinajstić information content (AvgIpc) is 2.93. The zero-order chi connectivity index (χ0) is 29.6. The number of anilines is 1. The van der Waals surface area contributed by atoms with Crippen molar-refractivity contribution in [2.75, 3.05) is 11.3 Å². The number of fused-ring (bicyclic) bond motifs is 1. The lowest BCUT2D eigenvalue weighted by atomic mass is 9.70. The molecule has 2 heterocycles. The van der Waals surface area contributed by atoms with E-state index in [4.69, 9.17) is 4.74 Å². The van der Waals surface area contributed by atoms with Crippen molar-refractivity contribution in [1.29, 1.82) is 0 Å². The lowest BCUT2D eigenvalue weighted by Crippen LogP contribution is -2.32. The first-order valence-corrected chi connectivity index (χ1v) is 13.6. The molecule has 4 aromatic rings. The number of halogens is 4. The number of carbonyl (C=O) groups is 1. The number of nitrogens with zero attached hydrogens (tertiary/aromatic N) is 2. The maximum atomic E-state index is 13.7. The van der Waals surface area contributed by atoms with Crippen LogP contribution in [0.5, 0.6) is 5.75 Å². The molecular formula is C28H21F4N3O5S. The Balaban J connectivity index is 1.59. The molecule has 0 bridgehead atoms. The second-order valence-electron chi connectivity index (χ2n) is 9.56. The number of sulfonamides is 1. The van der Waals surface area contributed by atoms with E-state index < -0.39 is 39.0 Å². The van der Waals surface area contributed by atoms with Crippen molar-refractivity contribution in [1.82, 2.24) is 9.97 Å². The van der Waals surface area contributed by atoms with Crippen LogP contribution in [0.3, 0.4) is 0 Å². The van der Waals surface area contributed by atoms with Gasteiger partial charge in [0.15, 0.2) is 5.82 Å². The first-order chi connectivity index (χ1) is 19.3. The van der Waals surface area contributed by atoms with E-state index in [0.717, 1.165) is 24.5 Å². The van der Waals surface area contributed by atoms with E-state index >= 15 is 0 Å². The number of rotatable bonds is 6. The molecule has 13 heteroatoms. The largest absolute Gasteiger partial charge is 0.493 e. The van der Waals surface area contributed by atoms with E-state index in [9.17, 15) is 35.9 Å². The van der Waals surface area contributed by atoms with E-state index in [1.807, 2.05) is 6.92 Å². The molecule has 0 saturated heterocycles. The molecule has 5 rings (SSSR count). The molecule has 2 N–H and O–H groups in total. The Labute approximate surface area is 231 Å². The number of hydrogen-bond acceptors (Lipinski definition) is 6. The highest BCUT2D eigenvalue weighted by Crippen LogP contribution is 2.48. The summed E-state index contributed by atoms with van der Waals surface area (Å²) in [5, 5.41) is 9.25. The number of carboxylic acids is 1. The first-order valence-electron chi connectivity index (χ1n) is 12.1. The summed E-state index contributed by atoms with van der Waals surface area (Å²) in [4.78, 5) is 18.3. The fourth-order valence-electron chi connectivity index (χ4n) is 4.80. The molecule has 1 atom stereocenters. The molecule has 212 valence electrons. The predicted octanol–water partition coefficient (Wildman–Crippen LogP) is 5.89. The standard InChI is InChI=1S/C28H21F4N3O5S/c1-27(22-8-6-18(28(30,31)32)12-21(22)16-2-4-17(5-3-16)25(36)37)10-11-40-24-13-20(7-9-23(24)27)41(38,39)35-26-33-14-19(29)15-34-26/h2-9,12-15H,10-11H2,1H3,(H,36,37)(H,33,34,35)/t27-/m0/s1. The van der Waals surface area contributed by atoms with Gasteiger partial charge in [-0.3, -0.25) is 0 Å². The van der Waals surface area contributed by atoms with E-state index in [-0.39, 0.29) is 34.3 Å². The van der Waals surface area contributed by atoms with Crippen LogP contribution in [0.4, 0.5) is 23.5 Å². The molecule has 0 radical (unpaired) electrons. The van der Waals surface area contributed by atoms with Gasteiger partial charge in [-0.05, 0) is 53.4 Å². The molecule has 3 aromatic carbocycles. The van der Waals surface area contributed by atoms with Gasteiger partial charge in [0, 0.05) is 17.0 Å². The lowest BCUT2D eigenvalue weighted by molar-refractivity contribution is -0.137. The Hall–Kier alpha value is -4.52.